The Morgan fingerprint density at radius 2 is 1.68 bits per heavy atom. The molecule has 6 nitrogen and oxygen atoms in total. The predicted molar refractivity (Wildman–Crippen MR) is 144 cm³/mol. The van der Waals surface area contributed by atoms with Gasteiger partial charge in [-0.2, -0.15) is 13.2 Å². The third-order valence-corrected chi connectivity index (χ3v) is 6.95. The maximum atomic E-state index is 13.0. The standard InChI is InChI=1S/C31H27F3N2O4/c1-20(24-17-36(18-24)30(38)39-19-21-6-3-2-4-7-21)35-29(37)23-10-15-27-22(16-23)8-5-9-28(27)40-26-13-11-25(12-14-26)31(32,33)34/h2-16,20,24H,17-19H2,1H3,(H,35,37)/t20-/m1/s1. The maximum Gasteiger partial charge on any atom is 0.416 e. The molecule has 1 aliphatic rings. The molecule has 0 spiro atoms. The lowest BCUT2D eigenvalue weighted by Crippen LogP contribution is -2.57. The van der Waals surface area contributed by atoms with Crippen molar-refractivity contribution in [3.05, 3.63) is 108 Å². The first kappa shape index (κ1) is 27.1. The van der Waals surface area contributed by atoms with E-state index < -0.39 is 11.7 Å². The molecule has 4 aromatic carbocycles. The van der Waals surface area contributed by atoms with Gasteiger partial charge in [0.05, 0.1) is 5.56 Å². The Balaban J connectivity index is 1.16. The van der Waals surface area contributed by atoms with Crippen molar-refractivity contribution in [1.29, 1.82) is 0 Å². The molecule has 0 bridgehead atoms. The predicted octanol–water partition coefficient (Wildman–Crippen LogP) is 7.04. The molecule has 1 saturated heterocycles. The molecule has 1 N–H and O–H groups in total. The Bertz CT molecular complexity index is 1500. The molecule has 0 radical (unpaired) electrons. The lowest BCUT2D eigenvalue weighted by atomic mass is 9.93. The SMILES string of the molecule is C[C@@H](NC(=O)c1ccc2c(Oc3ccc(C(F)(F)F)cc3)cccc2c1)C1CN(C(=O)OCc2ccccc2)C1. The molecule has 0 saturated carbocycles. The summed E-state index contributed by atoms with van der Waals surface area (Å²) in [5.41, 5.74) is 0.631. The Labute approximate surface area is 229 Å². The number of fused-ring (bicyclic) bond motifs is 1. The van der Waals surface area contributed by atoms with E-state index >= 15 is 0 Å². The third kappa shape index (κ3) is 6.20. The van der Waals surface area contributed by atoms with Crippen molar-refractivity contribution < 1.29 is 32.2 Å². The lowest BCUT2D eigenvalue weighted by molar-refractivity contribution is -0.137. The number of likely N-dealkylation sites (tertiary alicyclic amines) is 1. The molecule has 0 aromatic heterocycles. The smallest absolute Gasteiger partial charge is 0.416 e. The number of nitrogens with one attached hydrogen (secondary N) is 1. The van der Waals surface area contributed by atoms with Crippen molar-refractivity contribution in [1.82, 2.24) is 10.2 Å². The van der Waals surface area contributed by atoms with Crippen LogP contribution < -0.4 is 10.1 Å². The van der Waals surface area contributed by atoms with Gasteiger partial charge in [-0.3, -0.25) is 4.79 Å². The third-order valence-electron chi connectivity index (χ3n) is 6.95. The van der Waals surface area contributed by atoms with E-state index in [-0.39, 0.29) is 36.3 Å². The zero-order valence-electron chi connectivity index (χ0n) is 21.7. The molecule has 4 aromatic rings. The largest absolute Gasteiger partial charge is 0.457 e. The summed E-state index contributed by atoms with van der Waals surface area (Å²) < 4.78 is 49.7. The molecule has 5 rings (SSSR count). The number of alkyl halides is 3. The Hall–Kier alpha value is -4.53. The van der Waals surface area contributed by atoms with E-state index in [0.29, 0.717) is 24.4 Å². The number of hydrogen-bond acceptors (Lipinski definition) is 4. The summed E-state index contributed by atoms with van der Waals surface area (Å²) in [5.74, 6) is 0.604. The first-order valence-electron chi connectivity index (χ1n) is 12.8. The average molecular weight is 549 g/mol. The Morgan fingerprint density at radius 1 is 0.950 bits per heavy atom. The Morgan fingerprint density at radius 3 is 2.38 bits per heavy atom. The lowest BCUT2D eigenvalue weighted by Gasteiger charge is -2.41. The van der Waals surface area contributed by atoms with E-state index in [1.54, 1.807) is 35.2 Å². The summed E-state index contributed by atoms with van der Waals surface area (Å²) in [6.07, 6.45) is -4.79. The van der Waals surface area contributed by atoms with Gasteiger partial charge in [-0.15, -0.1) is 0 Å². The number of amides is 2. The zero-order chi connectivity index (χ0) is 28.3. The summed E-state index contributed by atoms with van der Waals surface area (Å²) in [4.78, 5) is 26.9. The number of ether oxygens (including phenoxy) is 2. The normalized spacial score (nSPS) is 14.3. The van der Waals surface area contributed by atoms with Crippen LogP contribution in [0, 0.1) is 5.92 Å². The fourth-order valence-electron chi connectivity index (χ4n) is 4.52. The van der Waals surface area contributed by atoms with Gasteiger partial charge in [0.2, 0.25) is 0 Å². The molecular weight excluding hydrogens is 521 g/mol. The molecule has 9 heteroatoms. The van der Waals surface area contributed by atoms with Gasteiger partial charge >= 0.3 is 12.3 Å². The highest BCUT2D eigenvalue weighted by Crippen LogP contribution is 2.34. The van der Waals surface area contributed by atoms with E-state index in [2.05, 4.69) is 5.32 Å². The van der Waals surface area contributed by atoms with Crippen molar-refractivity contribution in [2.75, 3.05) is 13.1 Å². The minimum Gasteiger partial charge on any atom is -0.457 e. The number of nitrogens with zero attached hydrogens (tertiary/aromatic N) is 1. The van der Waals surface area contributed by atoms with Crippen LogP contribution in [0.3, 0.4) is 0 Å². The quantitative estimate of drug-likeness (QED) is 0.269. The highest BCUT2D eigenvalue weighted by Gasteiger charge is 2.36. The second-order valence-electron chi connectivity index (χ2n) is 9.78. The van der Waals surface area contributed by atoms with E-state index in [1.165, 1.54) is 12.1 Å². The Kier molecular flexibility index (Phi) is 7.64. The van der Waals surface area contributed by atoms with Crippen molar-refractivity contribution in [2.24, 2.45) is 5.92 Å². The summed E-state index contributed by atoms with van der Waals surface area (Å²) in [5, 5.41) is 4.48. The molecule has 0 aliphatic carbocycles. The van der Waals surface area contributed by atoms with E-state index in [9.17, 15) is 22.8 Å². The fourth-order valence-corrected chi connectivity index (χ4v) is 4.52. The molecule has 1 fully saturated rings. The van der Waals surface area contributed by atoms with Crippen LogP contribution in [0.15, 0.2) is 91.0 Å². The number of benzene rings is 4. The van der Waals surface area contributed by atoms with E-state index in [1.807, 2.05) is 43.3 Å². The summed E-state index contributed by atoms with van der Waals surface area (Å²) in [6.45, 7) is 3.12. The maximum absolute atomic E-state index is 13.0. The van der Waals surface area contributed by atoms with E-state index in [0.717, 1.165) is 28.5 Å². The van der Waals surface area contributed by atoms with Crippen molar-refractivity contribution >= 4 is 22.8 Å². The first-order chi connectivity index (χ1) is 19.2. The monoisotopic (exact) mass is 548 g/mol. The molecule has 206 valence electrons. The first-order valence-corrected chi connectivity index (χ1v) is 12.8. The highest BCUT2D eigenvalue weighted by molar-refractivity contribution is 6.00. The number of rotatable bonds is 7. The minimum atomic E-state index is -4.42. The van der Waals surface area contributed by atoms with Crippen LogP contribution in [0.5, 0.6) is 11.5 Å². The average Bonchev–Trinajstić information content (AvgIpc) is 2.91. The van der Waals surface area contributed by atoms with E-state index in [4.69, 9.17) is 9.47 Å². The van der Waals surface area contributed by atoms with Gasteiger partial charge in [0.1, 0.15) is 18.1 Å². The van der Waals surface area contributed by atoms with Crippen molar-refractivity contribution in [3.8, 4) is 11.5 Å². The second-order valence-corrected chi connectivity index (χ2v) is 9.78. The van der Waals surface area contributed by atoms with Gasteiger partial charge in [-0.1, -0.05) is 42.5 Å². The van der Waals surface area contributed by atoms with Crippen LogP contribution in [0.2, 0.25) is 0 Å². The molecular formula is C31H27F3N2O4. The van der Waals surface area contributed by atoms with Crippen LogP contribution >= 0.6 is 0 Å². The summed E-state index contributed by atoms with van der Waals surface area (Å²) >= 11 is 0. The van der Waals surface area contributed by atoms with Gasteiger partial charge in [0.15, 0.2) is 0 Å². The number of carbonyl (C=O) groups excluding carboxylic acids is 2. The molecule has 2 amide bonds. The van der Waals surface area contributed by atoms with Crippen LogP contribution in [-0.4, -0.2) is 36.0 Å². The molecule has 0 unspecified atom stereocenters. The van der Waals surface area contributed by atoms with Gasteiger partial charge < -0.3 is 19.7 Å². The van der Waals surface area contributed by atoms with Crippen LogP contribution in [0.25, 0.3) is 10.8 Å². The van der Waals surface area contributed by atoms with Gasteiger partial charge in [-0.25, -0.2) is 4.79 Å². The van der Waals surface area contributed by atoms with Gasteiger partial charge in [0.25, 0.3) is 5.91 Å². The number of hydrogen-bond donors (Lipinski definition) is 1. The highest BCUT2D eigenvalue weighted by atomic mass is 19.4. The summed E-state index contributed by atoms with van der Waals surface area (Å²) in [7, 11) is 0. The topological polar surface area (TPSA) is 67.9 Å². The zero-order valence-corrected chi connectivity index (χ0v) is 21.7. The number of carbonyl (C=O) groups is 2. The van der Waals surface area contributed by atoms with Gasteiger partial charge in [-0.05, 0) is 66.4 Å². The van der Waals surface area contributed by atoms with Crippen molar-refractivity contribution in [3.63, 3.8) is 0 Å². The van der Waals surface area contributed by atoms with Crippen LogP contribution in [0.1, 0.15) is 28.4 Å². The molecule has 1 heterocycles. The van der Waals surface area contributed by atoms with Gasteiger partial charge in [0, 0.05) is 36.0 Å². The molecule has 40 heavy (non-hydrogen) atoms. The van der Waals surface area contributed by atoms with Crippen LogP contribution in [-0.2, 0) is 17.5 Å². The molecule has 1 atom stereocenters. The molecule has 1 aliphatic heterocycles. The second kappa shape index (κ2) is 11.3. The van der Waals surface area contributed by atoms with Crippen molar-refractivity contribution in [2.45, 2.75) is 25.7 Å². The fraction of sp³-hybridized carbons (Fsp3) is 0.226. The van der Waals surface area contributed by atoms with Crippen LogP contribution in [0.4, 0.5) is 18.0 Å². The summed E-state index contributed by atoms with van der Waals surface area (Å²) in [6, 6.07) is 24.3. The minimum absolute atomic E-state index is 0.109. The number of halogens is 3.